The molecule has 0 radical (unpaired) electrons. The molecule has 0 amide bonds. The molecule has 96 valence electrons. The highest BCUT2D eigenvalue weighted by Crippen LogP contribution is 2.20. The molecule has 0 aliphatic rings. The van der Waals surface area contributed by atoms with Crippen LogP contribution in [0.1, 0.15) is 5.56 Å². The second-order valence-electron chi connectivity index (χ2n) is 3.70. The van der Waals surface area contributed by atoms with Crippen LogP contribution in [0.2, 0.25) is 0 Å². The lowest BCUT2D eigenvalue weighted by molar-refractivity contribution is 0.217. The van der Waals surface area contributed by atoms with E-state index < -0.39 is 9.84 Å². The fraction of sp³-hybridized carbons (Fsp3) is 0.455. The maximum Gasteiger partial charge on any atom is 0.156 e. The number of benzene rings is 1. The van der Waals surface area contributed by atoms with Gasteiger partial charge in [0.25, 0.3) is 0 Å². The van der Waals surface area contributed by atoms with Crippen LogP contribution in [0.15, 0.2) is 18.2 Å². The van der Waals surface area contributed by atoms with Gasteiger partial charge >= 0.3 is 0 Å². The molecule has 0 bridgehead atoms. The van der Waals surface area contributed by atoms with Crippen molar-refractivity contribution in [3.8, 4) is 5.75 Å². The molecule has 5 nitrogen and oxygen atoms in total. The molecule has 0 spiro atoms. The zero-order chi connectivity index (χ0) is 12.9. The Morgan fingerprint density at radius 3 is 2.53 bits per heavy atom. The maximum absolute atomic E-state index is 11.7. The second-order valence-corrected chi connectivity index (χ2v) is 5.88. The third kappa shape index (κ3) is 4.62. The highest BCUT2D eigenvalue weighted by Gasteiger charge is 2.12. The molecule has 0 aliphatic heterocycles. The Morgan fingerprint density at radius 2 is 1.94 bits per heavy atom. The summed E-state index contributed by atoms with van der Waals surface area (Å²) in [5, 5.41) is 0. The largest absolute Gasteiger partial charge is 0.497 e. The van der Waals surface area contributed by atoms with Crippen LogP contribution in [-0.4, -0.2) is 35.0 Å². The van der Waals surface area contributed by atoms with Gasteiger partial charge in [-0.25, -0.2) is 8.42 Å². The summed E-state index contributed by atoms with van der Waals surface area (Å²) in [6.07, 6.45) is 0. The summed E-state index contributed by atoms with van der Waals surface area (Å²) < 4.78 is 33.2. The van der Waals surface area contributed by atoms with Gasteiger partial charge in [0.05, 0.1) is 25.2 Å². The van der Waals surface area contributed by atoms with Crippen molar-refractivity contribution < 1.29 is 17.9 Å². The van der Waals surface area contributed by atoms with Crippen LogP contribution in [-0.2, 0) is 20.3 Å². The number of sulfone groups is 1. The molecule has 0 atom stereocenters. The summed E-state index contributed by atoms with van der Waals surface area (Å²) >= 11 is 0. The van der Waals surface area contributed by atoms with Gasteiger partial charge in [-0.2, -0.15) is 0 Å². The average molecular weight is 259 g/mol. The van der Waals surface area contributed by atoms with Crippen molar-refractivity contribution in [2.75, 3.05) is 32.3 Å². The smallest absolute Gasteiger partial charge is 0.156 e. The first kappa shape index (κ1) is 13.8. The Hall–Kier alpha value is -1.27. The molecule has 0 fully saturated rings. The van der Waals surface area contributed by atoms with Crippen molar-refractivity contribution in [1.82, 2.24) is 0 Å². The number of hydrogen-bond donors (Lipinski definition) is 1. The predicted molar refractivity (Wildman–Crippen MR) is 66.8 cm³/mol. The van der Waals surface area contributed by atoms with Crippen molar-refractivity contribution in [2.24, 2.45) is 0 Å². The van der Waals surface area contributed by atoms with E-state index in [9.17, 15) is 8.42 Å². The first-order valence-corrected chi connectivity index (χ1v) is 6.92. The van der Waals surface area contributed by atoms with E-state index in [0.29, 0.717) is 17.0 Å². The van der Waals surface area contributed by atoms with Crippen molar-refractivity contribution >= 4 is 15.5 Å². The molecule has 0 aromatic heterocycles. The predicted octanol–water partition coefficient (Wildman–Crippen LogP) is 0.839. The number of methoxy groups -OCH3 is 2. The van der Waals surface area contributed by atoms with Crippen LogP contribution in [0.5, 0.6) is 5.75 Å². The third-order valence-electron chi connectivity index (χ3n) is 2.21. The minimum Gasteiger partial charge on any atom is -0.497 e. The van der Waals surface area contributed by atoms with Gasteiger partial charge in [-0.3, -0.25) is 0 Å². The fourth-order valence-electron chi connectivity index (χ4n) is 1.42. The van der Waals surface area contributed by atoms with E-state index in [0.717, 1.165) is 0 Å². The average Bonchev–Trinajstić information content (AvgIpc) is 2.25. The number of hydrogen-bond acceptors (Lipinski definition) is 5. The second kappa shape index (κ2) is 5.88. The standard InChI is InChI=1S/C11H17NO4S/c1-15-3-4-17(13,14)8-9-5-10(12)7-11(6-9)16-2/h5-7H,3-4,8,12H2,1-2H3. The molecule has 6 heteroatoms. The highest BCUT2D eigenvalue weighted by molar-refractivity contribution is 7.90. The topological polar surface area (TPSA) is 78.6 Å². The molecule has 0 saturated carbocycles. The first-order chi connectivity index (χ1) is 7.96. The number of nitrogens with two attached hydrogens (primary N) is 1. The zero-order valence-electron chi connectivity index (χ0n) is 9.97. The van der Waals surface area contributed by atoms with Crippen molar-refractivity contribution in [3.05, 3.63) is 23.8 Å². The minimum absolute atomic E-state index is 0.000610. The molecule has 0 aliphatic carbocycles. The molecule has 1 rings (SSSR count). The molecule has 1 aromatic rings. The molecule has 0 heterocycles. The number of anilines is 1. The quantitative estimate of drug-likeness (QED) is 0.766. The van der Waals surface area contributed by atoms with Crippen molar-refractivity contribution in [3.63, 3.8) is 0 Å². The van der Waals surface area contributed by atoms with E-state index in [1.807, 2.05) is 0 Å². The van der Waals surface area contributed by atoms with Gasteiger partial charge < -0.3 is 15.2 Å². The van der Waals surface area contributed by atoms with Gasteiger partial charge in [0.1, 0.15) is 5.75 Å². The zero-order valence-corrected chi connectivity index (χ0v) is 10.8. The molecule has 0 saturated heterocycles. The van der Waals surface area contributed by atoms with Gasteiger partial charge in [0.15, 0.2) is 9.84 Å². The van der Waals surface area contributed by atoms with E-state index in [2.05, 4.69) is 0 Å². The SMILES string of the molecule is COCCS(=O)(=O)Cc1cc(N)cc(OC)c1. The van der Waals surface area contributed by atoms with Crippen LogP contribution in [0.25, 0.3) is 0 Å². The molecule has 17 heavy (non-hydrogen) atoms. The Kier molecular flexibility index (Phi) is 4.77. The van der Waals surface area contributed by atoms with E-state index in [-0.39, 0.29) is 18.1 Å². The normalized spacial score (nSPS) is 11.4. The van der Waals surface area contributed by atoms with Gasteiger partial charge in [-0.15, -0.1) is 0 Å². The summed E-state index contributed by atoms with van der Waals surface area (Å²) in [6, 6.07) is 4.94. The Labute approximate surface area is 101 Å². The van der Waals surface area contributed by atoms with E-state index in [4.69, 9.17) is 15.2 Å². The third-order valence-corrected chi connectivity index (χ3v) is 3.77. The molecule has 2 N–H and O–H groups in total. The first-order valence-electron chi connectivity index (χ1n) is 5.09. The fourth-order valence-corrected chi connectivity index (χ4v) is 2.66. The highest BCUT2D eigenvalue weighted by atomic mass is 32.2. The monoisotopic (exact) mass is 259 g/mol. The van der Waals surface area contributed by atoms with Crippen molar-refractivity contribution in [1.29, 1.82) is 0 Å². The minimum atomic E-state index is -3.17. The lowest BCUT2D eigenvalue weighted by Crippen LogP contribution is -2.13. The Balaban J connectivity index is 2.84. The van der Waals surface area contributed by atoms with Crippen LogP contribution in [0, 0.1) is 0 Å². The Bertz CT molecular complexity index is 470. The van der Waals surface area contributed by atoms with Crippen LogP contribution in [0.4, 0.5) is 5.69 Å². The molecule has 0 unspecified atom stereocenters. The van der Waals surface area contributed by atoms with Crippen LogP contribution >= 0.6 is 0 Å². The lowest BCUT2D eigenvalue weighted by Gasteiger charge is -2.07. The maximum atomic E-state index is 11.7. The van der Waals surface area contributed by atoms with E-state index >= 15 is 0 Å². The van der Waals surface area contributed by atoms with Crippen LogP contribution < -0.4 is 10.5 Å². The van der Waals surface area contributed by atoms with Crippen molar-refractivity contribution in [2.45, 2.75) is 5.75 Å². The lowest BCUT2D eigenvalue weighted by atomic mass is 10.2. The summed E-state index contributed by atoms with van der Waals surface area (Å²) in [5.74, 6) is 0.500. The Morgan fingerprint density at radius 1 is 1.24 bits per heavy atom. The van der Waals surface area contributed by atoms with Gasteiger partial charge in [-0.05, 0) is 17.7 Å². The van der Waals surface area contributed by atoms with Gasteiger partial charge in [0.2, 0.25) is 0 Å². The summed E-state index contributed by atoms with van der Waals surface area (Å²) in [5.41, 5.74) is 6.76. The number of rotatable bonds is 6. The van der Waals surface area contributed by atoms with E-state index in [1.165, 1.54) is 14.2 Å². The molecular weight excluding hydrogens is 242 g/mol. The van der Waals surface area contributed by atoms with Crippen LogP contribution in [0.3, 0.4) is 0 Å². The van der Waals surface area contributed by atoms with E-state index in [1.54, 1.807) is 18.2 Å². The molecular formula is C11H17NO4S. The van der Waals surface area contributed by atoms with Gasteiger partial charge in [0, 0.05) is 18.9 Å². The number of ether oxygens (including phenoxy) is 2. The number of nitrogen functional groups attached to an aromatic ring is 1. The summed E-state index contributed by atoms with van der Waals surface area (Å²) in [7, 11) is -0.191. The summed E-state index contributed by atoms with van der Waals surface area (Å²) in [6.45, 7) is 0.196. The summed E-state index contributed by atoms with van der Waals surface area (Å²) in [4.78, 5) is 0. The van der Waals surface area contributed by atoms with Gasteiger partial charge in [-0.1, -0.05) is 0 Å². The molecule has 1 aromatic carbocycles.